The lowest BCUT2D eigenvalue weighted by Gasteiger charge is -2.18. The van der Waals surface area contributed by atoms with Crippen LogP contribution < -0.4 is 9.47 Å². The predicted molar refractivity (Wildman–Crippen MR) is 106 cm³/mol. The number of amides is 1. The van der Waals surface area contributed by atoms with Gasteiger partial charge >= 0.3 is 0 Å². The first kappa shape index (κ1) is 19.4. The van der Waals surface area contributed by atoms with Crippen molar-refractivity contribution in [2.75, 3.05) is 25.6 Å². The number of benzene rings is 2. The van der Waals surface area contributed by atoms with Gasteiger partial charge in [-0.05, 0) is 36.3 Å². The van der Waals surface area contributed by atoms with Crippen molar-refractivity contribution in [2.24, 2.45) is 0 Å². The topological polar surface area (TPSA) is 72.9 Å². The quantitative estimate of drug-likeness (QED) is 0.718. The van der Waals surface area contributed by atoms with Gasteiger partial charge in [0.25, 0.3) is 0 Å². The van der Waals surface area contributed by atoms with E-state index in [9.17, 15) is 17.6 Å². The molecule has 2 aromatic rings. The van der Waals surface area contributed by atoms with Crippen molar-refractivity contribution < 1.29 is 27.1 Å². The fourth-order valence-corrected chi connectivity index (χ4v) is 5.34. The van der Waals surface area contributed by atoms with Crippen LogP contribution >= 0.6 is 0 Å². The van der Waals surface area contributed by atoms with E-state index < -0.39 is 20.9 Å². The van der Waals surface area contributed by atoms with Gasteiger partial charge in [-0.15, -0.1) is 0 Å². The molecule has 0 radical (unpaired) electrons. The van der Waals surface area contributed by atoms with Crippen molar-refractivity contribution in [1.82, 2.24) is 4.90 Å². The smallest absolute Gasteiger partial charge is 0.246 e. The van der Waals surface area contributed by atoms with Gasteiger partial charge in [0.05, 0.1) is 11.0 Å². The molecule has 0 aromatic heterocycles. The average Bonchev–Trinajstić information content (AvgIpc) is 3.11. The number of nitrogens with zero attached hydrogens (tertiary/aromatic N) is 1. The maximum atomic E-state index is 14.1. The summed E-state index contributed by atoms with van der Waals surface area (Å²) in [5.74, 6) is 0.254. The Hall–Kier alpha value is -2.87. The summed E-state index contributed by atoms with van der Waals surface area (Å²) < 4.78 is 50.0. The van der Waals surface area contributed by atoms with Crippen LogP contribution in [0.3, 0.4) is 0 Å². The molecule has 1 fully saturated rings. The van der Waals surface area contributed by atoms with Crippen LogP contribution in [0.25, 0.3) is 6.08 Å². The molecule has 0 N–H and O–H groups in total. The first-order valence-corrected chi connectivity index (χ1v) is 11.0. The Balaban J connectivity index is 1.47. The number of carbonyl (C=O) groups is 1. The van der Waals surface area contributed by atoms with Crippen LogP contribution in [-0.2, 0) is 14.6 Å². The standard InChI is InChI=1S/C21H20FNO5S/c22-17-4-2-1-3-16(17)20-9-10-23(11-12-29(20,25)26)21(24)8-6-15-5-7-18-19(13-15)28-14-27-18/h1-8,13,20H,9-12,14H2/b8-6+. The molecule has 2 heterocycles. The second-order valence-electron chi connectivity index (χ2n) is 6.94. The lowest BCUT2D eigenvalue weighted by atomic mass is 10.1. The number of hydrogen-bond acceptors (Lipinski definition) is 5. The monoisotopic (exact) mass is 417 g/mol. The van der Waals surface area contributed by atoms with E-state index in [4.69, 9.17) is 9.47 Å². The minimum Gasteiger partial charge on any atom is -0.454 e. The first-order valence-electron chi connectivity index (χ1n) is 9.27. The van der Waals surface area contributed by atoms with Crippen LogP contribution in [0.15, 0.2) is 48.5 Å². The van der Waals surface area contributed by atoms with Gasteiger partial charge in [0.1, 0.15) is 5.82 Å². The van der Waals surface area contributed by atoms with E-state index in [-0.39, 0.29) is 43.5 Å². The van der Waals surface area contributed by atoms with Gasteiger partial charge in [-0.3, -0.25) is 4.79 Å². The number of halogens is 1. The number of fused-ring (bicyclic) bond motifs is 1. The van der Waals surface area contributed by atoms with Crippen LogP contribution in [0.2, 0.25) is 0 Å². The lowest BCUT2D eigenvalue weighted by molar-refractivity contribution is -0.125. The van der Waals surface area contributed by atoms with Gasteiger partial charge in [-0.1, -0.05) is 24.3 Å². The van der Waals surface area contributed by atoms with Crippen LogP contribution in [0, 0.1) is 5.82 Å². The molecule has 1 amide bonds. The zero-order chi connectivity index (χ0) is 20.4. The van der Waals surface area contributed by atoms with E-state index in [1.54, 1.807) is 30.3 Å². The Morgan fingerprint density at radius 1 is 1.10 bits per heavy atom. The molecule has 1 unspecified atom stereocenters. The molecule has 6 nitrogen and oxygen atoms in total. The van der Waals surface area contributed by atoms with Crippen molar-refractivity contribution in [3.63, 3.8) is 0 Å². The molecule has 2 aromatic carbocycles. The van der Waals surface area contributed by atoms with E-state index in [0.29, 0.717) is 11.5 Å². The minimum absolute atomic E-state index is 0.0810. The summed E-state index contributed by atoms with van der Waals surface area (Å²) in [4.78, 5) is 14.1. The summed E-state index contributed by atoms with van der Waals surface area (Å²) in [6.07, 6.45) is 3.22. The summed E-state index contributed by atoms with van der Waals surface area (Å²) in [6, 6.07) is 11.2. The fraction of sp³-hybridized carbons (Fsp3) is 0.286. The lowest BCUT2D eigenvalue weighted by Crippen LogP contribution is -2.32. The SMILES string of the molecule is O=C(/C=C/c1ccc2c(c1)OCO2)N1CCC(c2ccccc2F)S(=O)(=O)CC1. The van der Waals surface area contributed by atoms with Gasteiger partial charge in [-0.2, -0.15) is 0 Å². The largest absolute Gasteiger partial charge is 0.454 e. The third-order valence-corrected chi connectivity index (χ3v) is 7.23. The number of rotatable bonds is 3. The van der Waals surface area contributed by atoms with Gasteiger partial charge < -0.3 is 14.4 Å². The molecule has 0 saturated carbocycles. The summed E-state index contributed by atoms with van der Waals surface area (Å²) in [5, 5.41) is -0.945. The fourth-order valence-electron chi connectivity index (χ4n) is 3.54. The molecular weight excluding hydrogens is 397 g/mol. The highest BCUT2D eigenvalue weighted by molar-refractivity contribution is 7.91. The number of carbonyl (C=O) groups excluding carboxylic acids is 1. The molecular formula is C21H20FNO5S. The predicted octanol–water partition coefficient (Wildman–Crippen LogP) is 2.96. The highest BCUT2D eigenvalue weighted by Crippen LogP contribution is 2.33. The Morgan fingerprint density at radius 3 is 2.72 bits per heavy atom. The highest BCUT2D eigenvalue weighted by Gasteiger charge is 2.33. The van der Waals surface area contributed by atoms with Crippen LogP contribution in [-0.4, -0.2) is 44.9 Å². The number of sulfone groups is 1. The van der Waals surface area contributed by atoms with Gasteiger partial charge in [-0.25, -0.2) is 12.8 Å². The minimum atomic E-state index is -3.56. The Morgan fingerprint density at radius 2 is 1.90 bits per heavy atom. The molecule has 152 valence electrons. The number of ether oxygens (including phenoxy) is 2. The third-order valence-electron chi connectivity index (χ3n) is 5.12. The zero-order valence-electron chi connectivity index (χ0n) is 15.6. The molecule has 4 rings (SSSR count). The molecule has 0 aliphatic carbocycles. The number of hydrogen-bond donors (Lipinski definition) is 0. The molecule has 2 aliphatic heterocycles. The second-order valence-corrected chi connectivity index (χ2v) is 9.24. The van der Waals surface area contributed by atoms with Gasteiger partial charge in [0.2, 0.25) is 12.7 Å². The third kappa shape index (κ3) is 4.12. The van der Waals surface area contributed by atoms with Gasteiger partial charge in [0.15, 0.2) is 21.3 Å². The van der Waals surface area contributed by atoms with E-state index >= 15 is 0 Å². The average molecular weight is 417 g/mol. The summed E-state index contributed by atoms with van der Waals surface area (Å²) in [7, 11) is -3.56. The van der Waals surface area contributed by atoms with E-state index in [1.165, 1.54) is 29.2 Å². The van der Waals surface area contributed by atoms with Crippen molar-refractivity contribution in [2.45, 2.75) is 11.7 Å². The molecule has 29 heavy (non-hydrogen) atoms. The van der Waals surface area contributed by atoms with Crippen molar-refractivity contribution >= 4 is 21.8 Å². The molecule has 1 saturated heterocycles. The van der Waals surface area contributed by atoms with E-state index in [1.807, 2.05) is 0 Å². The van der Waals surface area contributed by atoms with Crippen molar-refractivity contribution in [1.29, 1.82) is 0 Å². The molecule has 0 bridgehead atoms. The molecule has 8 heteroatoms. The first-order chi connectivity index (χ1) is 13.9. The summed E-state index contributed by atoms with van der Waals surface area (Å²) >= 11 is 0. The van der Waals surface area contributed by atoms with Crippen LogP contribution in [0.1, 0.15) is 22.8 Å². The summed E-state index contributed by atoms with van der Waals surface area (Å²) in [6.45, 7) is 0.493. The maximum Gasteiger partial charge on any atom is 0.246 e. The van der Waals surface area contributed by atoms with Crippen LogP contribution in [0.5, 0.6) is 11.5 Å². The maximum absolute atomic E-state index is 14.1. The van der Waals surface area contributed by atoms with E-state index in [0.717, 1.165) is 5.56 Å². The molecule has 0 spiro atoms. The van der Waals surface area contributed by atoms with Gasteiger partial charge in [0, 0.05) is 24.7 Å². The van der Waals surface area contributed by atoms with E-state index in [2.05, 4.69) is 0 Å². The Kier molecular flexibility index (Phi) is 5.27. The Bertz CT molecular complexity index is 1070. The highest BCUT2D eigenvalue weighted by atomic mass is 32.2. The zero-order valence-corrected chi connectivity index (χ0v) is 16.4. The molecule has 2 aliphatic rings. The Labute approximate surface area is 168 Å². The summed E-state index contributed by atoms with van der Waals surface area (Å²) in [5.41, 5.74) is 0.937. The van der Waals surface area contributed by atoms with Crippen molar-refractivity contribution in [3.05, 3.63) is 65.5 Å². The second kappa shape index (κ2) is 7.87. The van der Waals surface area contributed by atoms with Crippen molar-refractivity contribution in [3.8, 4) is 11.5 Å². The normalized spacial score (nSPS) is 20.6. The van der Waals surface area contributed by atoms with Crippen LogP contribution in [0.4, 0.5) is 4.39 Å². The molecule has 1 atom stereocenters.